The van der Waals surface area contributed by atoms with Crippen LogP contribution in [0.3, 0.4) is 0 Å². The lowest BCUT2D eigenvalue weighted by atomic mass is 9.73. The molecule has 1 saturated heterocycles. The van der Waals surface area contributed by atoms with E-state index in [-0.39, 0.29) is 5.41 Å². The van der Waals surface area contributed by atoms with Crippen LogP contribution in [0.5, 0.6) is 0 Å². The van der Waals surface area contributed by atoms with Gasteiger partial charge in [0.15, 0.2) is 0 Å². The van der Waals surface area contributed by atoms with Crippen LogP contribution in [0.2, 0.25) is 0 Å². The zero-order valence-corrected chi connectivity index (χ0v) is 13.4. The summed E-state index contributed by atoms with van der Waals surface area (Å²) in [5, 5.41) is 0. The number of hydrogen-bond donors (Lipinski definition) is 0. The summed E-state index contributed by atoms with van der Waals surface area (Å²) in [5.41, 5.74) is 3.10. The highest BCUT2D eigenvalue weighted by molar-refractivity contribution is 5.40. The molecule has 0 spiro atoms. The van der Waals surface area contributed by atoms with E-state index in [0.717, 1.165) is 4.48 Å². The predicted molar refractivity (Wildman–Crippen MR) is 89.3 cm³/mol. The van der Waals surface area contributed by atoms with Gasteiger partial charge >= 0.3 is 0 Å². The van der Waals surface area contributed by atoms with Gasteiger partial charge in [0.2, 0.25) is 0 Å². The van der Waals surface area contributed by atoms with Gasteiger partial charge < -0.3 is 4.48 Å². The van der Waals surface area contributed by atoms with E-state index in [1.807, 2.05) is 0 Å². The van der Waals surface area contributed by atoms with Crippen LogP contribution in [0.4, 0.5) is 0 Å². The van der Waals surface area contributed by atoms with Gasteiger partial charge in [0, 0.05) is 6.42 Å². The van der Waals surface area contributed by atoms with Gasteiger partial charge in [-0.05, 0) is 25.0 Å². The van der Waals surface area contributed by atoms with Crippen LogP contribution >= 0.6 is 0 Å². The first-order valence-electron chi connectivity index (χ1n) is 8.06. The highest BCUT2D eigenvalue weighted by Gasteiger charge is 2.52. The molecule has 1 aliphatic heterocycles. The largest absolute Gasteiger partial charge is 0.323 e. The molecule has 2 unspecified atom stereocenters. The summed E-state index contributed by atoms with van der Waals surface area (Å²) in [6.07, 6.45) is 1.23. The minimum Gasteiger partial charge on any atom is -0.323 e. The third-order valence-electron chi connectivity index (χ3n) is 5.71. The fraction of sp³-hybridized carbons (Fsp3) is 0.400. The molecule has 0 aliphatic carbocycles. The first kappa shape index (κ1) is 14.3. The third-order valence-corrected chi connectivity index (χ3v) is 5.71. The second kappa shape index (κ2) is 5.31. The average molecular weight is 280 g/mol. The maximum Gasteiger partial charge on any atom is 0.0928 e. The Kier molecular flexibility index (Phi) is 3.62. The molecule has 0 amide bonds. The predicted octanol–water partition coefficient (Wildman–Crippen LogP) is 4.23. The van der Waals surface area contributed by atoms with Crippen molar-refractivity contribution in [3.63, 3.8) is 0 Å². The molecule has 1 nitrogen and oxygen atoms in total. The third kappa shape index (κ3) is 2.30. The van der Waals surface area contributed by atoms with Crippen molar-refractivity contribution in [1.29, 1.82) is 0 Å². The van der Waals surface area contributed by atoms with E-state index in [0.29, 0.717) is 6.04 Å². The maximum absolute atomic E-state index is 2.41. The van der Waals surface area contributed by atoms with Gasteiger partial charge in [-0.2, -0.15) is 0 Å². The topological polar surface area (TPSA) is 0 Å². The normalized spacial score (nSPS) is 27.7. The van der Waals surface area contributed by atoms with Gasteiger partial charge in [-0.3, -0.25) is 0 Å². The molecule has 0 radical (unpaired) electrons. The molecular weight excluding hydrogens is 254 g/mol. The number of likely N-dealkylation sites (tertiary alicyclic amines) is 1. The summed E-state index contributed by atoms with van der Waals surface area (Å²) >= 11 is 0. The van der Waals surface area contributed by atoms with Gasteiger partial charge in [0.25, 0.3) is 0 Å². The summed E-state index contributed by atoms with van der Waals surface area (Å²) in [7, 11) is 2.41. The molecule has 1 aliphatic rings. The number of likely N-dealkylation sites (N-methyl/N-ethyl adjacent to an activating group) is 1. The van der Waals surface area contributed by atoms with Crippen molar-refractivity contribution in [2.24, 2.45) is 0 Å². The van der Waals surface area contributed by atoms with Crippen LogP contribution in [-0.4, -0.2) is 30.7 Å². The highest BCUT2D eigenvalue weighted by Crippen LogP contribution is 2.46. The molecule has 0 saturated carbocycles. The van der Waals surface area contributed by atoms with Crippen molar-refractivity contribution in [1.82, 2.24) is 0 Å². The van der Waals surface area contributed by atoms with E-state index in [9.17, 15) is 0 Å². The van der Waals surface area contributed by atoms with Gasteiger partial charge in [0.1, 0.15) is 0 Å². The second-order valence-electron chi connectivity index (χ2n) is 6.82. The Morgan fingerprint density at radius 3 is 1.81 bits per heavy atom. The van der Waals surface area contributed by atoms with Crippen molar-refractivity contribution in [3.05, 3.63) is 71.8 Å². The maximum atomic E-state index is 2.41. The van der Waals surface area contributed by atoms with Crippen LogP contribution in [0.1, 0.15) is 31.4 Å². The molecule has 3 rings (SSSR count). The zero-order chi connectivity index (χ0) is 14.9. The minimum absolute atomic E-state index is 0.159. The summed E-state index contributed by atoms with van der Waals surface area (Å²) in [4.78, 5) is 0. The molecule has 2 aromatic rings. The Labute approximate surface area is 128 Å². The fourth-order valence-electron chi connectivity index (χ4n) is 4.08. The smallest absolute Gasteiger partial charge is 0.0928 e. The van der Waals surface area contributed by atoms with Crippen LogP contribution in [0.25, 0.3) is 0 Å². The van der Waals surface area contributed by atoms with Crippen molar-refractivity contribution < 1.29 is 4.48 Å². The Balaban J connectivity index is 2.15. The van der Waals surface area contributed by atoms with Gasteiger partial charge in [0.05, 0.1) is 31.6 Å². The number of quaternary nitrogens is 1. The molecule has 2 aromatic carbocycles. The monoisotopic (exact) mass is 280 g/mol. The molecule has 21 heavy (non-hydrogen) atoms. The summed E-state index contributed by atoms with van der Waals surface area (Å²) in [5.74, 6) is 0. The molecule has 1 heteroatoms. The van der Waals surface area contributed by atoms with Crippen LogP contribution < -0.4 is 0 Å². The molecule has 0 bridgehead atoms. The quantitative estimate of drug-likeness (QED) is 0.738. The van der Waals surface area contributed by atoms with Gasteiger partial charge in [-0.25, -0.2) is 0 Å². The van der Waals surface area contributed by atoms with Gasteiger partial charge in [-0.15, -0.1) is 0 Å². The Bertz CT molecular complexity index is 550. The number of nitrogens with zero attached hydrogens (tertiary/aromatic N) is 1. The highest BCUT2D eigenvalue weighted by atomic mass is 15.4. The summed E-state index contributed by atoms with van der Waals surface area (Å²) in [6, 6.07) is 22.9. The lowest BCUT2D eigenvalue weighted by molar-refractivity contribution is -0.918. The van der Waals surface area contributed by atoms with Crippen molar-refractivity contribution >= 4 is 0 Å². The van der Waals surface area contributed by atoms with Crippen molar-refractivity contribution in [2.45, 2.75) is 31.7 Å². The van der Waals surface area contributed by atoms with Crippen LogP contribution in [0.15, 0.2) is 60.7 Å². The van der Waals surface area contributed by atoms with E-state index in [1.165, 1.54) is 30.6 Å². The standard InChI is InChI=1S/C20H26N/c1-4-21(3)16-20(15-17(21)2,18-11-7-5-8-12-18)19-13-9-6-10-14-19/h5-14,17H,4,15-16H2,1-3H3/q+1. The molecular formula is C20H26N+. The SMILES string of the molecule is CC[N+]1(C)CC(c2ccccc2)(c2ccccc2)CC1C. The molecule has 0 N–H and O–H groups in total. The number of hydrogen-bond acceptors (Lipinski definition) is 0. The van der Waals surface area contributed by atoms with E-state index in [1.54, 1.807) is 0 Å². The first-order valence-corrected chi connectivity index (χ1v) is 8.06. The molecule has 1 heterocycles. The minimum atomic E-state index is 0.159. The van der Waals surface area contributed by atoms with E-state index in [4.69, 9.17) is 0 Å². The number of rotatable bonds is 3. The second-order valence-corrected chi connectivity index (χ2v) is 6.82. The molecule has 0 aromatic heterocycles. The lowest BCUT2D eigenvalue weighted by Crippen LogP contribution is -2.48. The molecule has 1 fully saturated rings. The Morgan fingerprint density at radius 1 is 0.952 bits per heavy atom. The summed E-state index contributed by atoms with van der Waals surface area (Å²) in [6.45, 7) is 7.13. The van der Waals surface area contributed by atoms with Crippen molar-refractivity contribution in [2.75, 3.05) is 20.1 Å². The van der Waals surface area contributed by atoms with Crippen molar-refractivity contribution in [3.8, 4) is 0 Å². The molecule has 2 atom stereocenters. The number of benzene rings is 2. The van der Waals surface area contributed by atoms with E-state index in [2.05, 4.69) is 81.6 Å². The van der Waals surface area contributed by atoms with Crippen LogP contribution in [-0.2, 0) is 5.41 Å². The van der Waals surface area contributed by atoms with E-state index < -0.39 is 0 Å². The average Bonchev–Trinajstić information content (AvgIpc) is 2.83. The van der Waals surface area contributed by atoms with Gasteiger partial charge in [-0.1, -0.05) is 60.7 Å². The van der Waals surface area contributed by atoms with E-state index >= 15 is 0 Å². The lowest BCUT2D eigenvalue weighted by Gasteiger charge is -2.35. The first-order chi connectivity index (χ1) is 10.1. The zero-order valence-electron chi connectivity index (χ0n) is 13.4. The van der Waals surface area contributed by atoms with Crippen LogP contribution in [0, 0.1) is 0 Å². The fourth-order valence-corrected chi connectivity index (χ4v) is 4.08. The summed E-state index contributed by atoms with van der Waals surface area (Å²) < 4.78 is 1.16. The Hall–Kier alpha value is -1.60. The Morgan fingerprint density at radius 2 is 1.43 bits per heavy atom. The molecule has 110 valence electrons.